The molecule has 0 saturated heterocycles. The molecule has 0 atom stereocenters. The van der Waals surface area contributed by atoms with Crippen LogP contribution in [0.5, 0.6) is 0 Å². The van der Waals surface area contributed by atoms with Crippen molar-refractivity contribution in [3.8, 4) is 0 Å². The van der Waals surface area contributed by atoms with E-state index in [2.05, 4.69) is 0 Å². The summed E-state index contributed by atoms with van der Waals surface area (Å²) in [4.78, 5) is 30.0. The molecule has 0 fully saturated rings. The zero-order chi connectivity index (χ0) is 12.6. The number of hydrogen-bond acceptors (Lipinski definition) is 8. The summed E-state index contributed by atoms with van der Waals surface area (Å²) in [5.74, 6) is -5.98. The molecule has 0 aliphatic carbocycles. The first-order chi connectivity index (χ1) is 6.78. The van der Waals surface area contributed by atoms with Gasteiger partial charge in [0.1, 0.15) is 5.60 Å². The Morgan fingerprint density at radius 3 is 1.16 bits per heavy atom. The summed E-state index contributed by atoms with van der Waals surface area (Å²) < 4.78 is 0. The third-order valence-electron chi connectivity index (χ3n) is 1.25. The lowest BCUT2D eigenvalue weighted by atomic mass is 9.96. The van der Waals surface area contributed by atoms with Gasteiger partial charge in [-0.15, -0.1) is 0 Å². The Kier molecular flexibility index (Phi) is 30.6. The van der Waals surface area contributed by atoms with Gasteiger partial charge in [-0.1, -0.05) is 0 Å². The molecule has 0 heterocycles. The van der Waals surface area contributed by atoms with Crippen LogP contribution in [0.2, 0.25) is 0 Å². The summed E-state index contributed by atoms with van der Waals surface area (Å²) >= 11 is 0. The SMILES string of the molecule is C[O-].O=C([O-])CC(O)(CC(=O)[O-])C(=O)[O-].[NH4+].[NH4+].[NH4+].[NH4+]. The number of carboxylic acids is 3. The van der Waals surface area contributed by atoms with E-state index in [1.807, 2.05) is 0 Å². The molecular weight excluding hydrogens is 268 g/mol. The van der Waals surface area contributed by atoms with E-state index in [4.69, 9.17) is 10.2 Å². The van der Waals surface area contributed by atoms with E-state index in [1.165, 1.54) is 0 Å². The minimum Gasteiger partial charge on any atom is -0.857 e. The topological polar surface area (TPSA) is 310 Å². The van der Waals surface area contributed by atoms with Gasteiger partial charge >= 0.3 is 0 Å². The number of carbonyl (C=O) groups is 3. The third kappa shape index (κ3) is 16.2. The van der Waals surface area contributed by atoms with Crippen LogP contribution in [0, 0.1) is 0 Å². The highest BCUT2D eigenvalue weighted by Gasteiger charge is 2.29. The van der Waals surface area contributed by atoms with Crippen LogP contribution in [0.1, 0.15) is 12.8 Å². The minimum atomic E-state index is -2.97. The molecule has 17 N–H and O–H groups in total. The van der Waals surface area contributed by atoms with E-state index in [9.17, 15) is 29.7 Å². The molecule has 0 radical (unpaired) electrons. The quantitative estimate of drug-likeness (QED) is 0.326. The maximum absolute atomic E-state index is 10.1. The summed E-state index contributed by atoms with van der Waals surface area (Å²) in [5, 5.41) is 47.2. The van der Waals surface area contributed by atoms with Crippen molar-refractivity contribution in [2.45, 2.75) is 18.4 Å². The van der Waals surface area contributed by atoms with Crippen LogP contribution in [0.25, 0.3) is 0 Å². The lowest BCUT2D eigenvalue weighted by molar-refractivity contribution is -0.339. The Balaban J connectivity index is -0.0000000669. The largest absolute Gasteiger partial charge is 0.857 e. The van der Waals surface area contributed by atoms with Gasteiger partial charge in [0.2, 0.25) is 0 Å². The number of carboxylic acid groups (broad SMARTS) is 3. The standard InChI is InChI=1S/C6H8O7.CH3O.4H3N/c7-3(8)1-6(13,5(11)12)2-4(9)10;1-2;;;;/h13H,1-2H2,(H,7,8)(H,9,10)(H,11,12);1H3;4*1H3/q;-1;;;;/p+1. The highest BCUT2D eigenvalue weighted by atomic mass is 16.4. The van der Waals surface area contributed by atoms with Gasteiger partial charge in [0, 0.05) is 24.8 Å². The second kappa shape index (κ2) is 16.2. The van der Waals surface area contributed by atoms with Crippen LogP contribution in [0.4, 0.5) is 0 Å². The fourth-order valence-corrected chi connectivity index (χ4v) is 0.684. The predicted octanol–water partition coefficient (Wildman–Crippen LogP) is -4.77. The molecule has 19 heavy (non-hydrogen) atoms. The minimum absolute atomic E-state index is 0. The summed E-state index contributed by atoms with van der Waals surface area (Å²) in [6.07, 6.45) is -2.72. The molecule has 0 aliphatic heterocycles. The Bertz CT molecular complexity index is 243. The van der Waals surface area contributed by atoms with Gasteiger partial charge in [0.15, 0.2) is 0 Å². The third-order valence-corrected chi connectivity index (χ3v) is 1.25. The first-order valence-electron chi connectivity index (χ1n) is 3.52. The maximum Gasteiger partial charge on any atom is 0.114 e. The average molecular weight is 292 g/mol. The molecule has 0 aromatic carbocycles. The molecule has 0 aromatic rings. The fourth-order valence-electron chi connectivity index (χ4n) is 0.684. The molecule has 120 valence electrons. The number of quaternary nitrogens is 4. The number of aliphatic hydroxyl groups is 1. The number of rotatable bonds is 5. The van der Waals surface area contributed by atoms with Crippen LogP contribution in [0.15, 0.2) is 0 Å². The Labute approximate surface area is 109 Å². The van der Waals surface area contributed by atoms with Crippen LogP contribution in [-0.2, 0) is 14.4 Å². The molecule has 0 rings (SSSR count). The number of aliphatic carboxylic acids is 3. The first-order valence-corrected chi connectivity index (χ1v) is 3.52. The summed E-state index contributed by atoms with van der Waals surface area (Å²) in [7, 11) is 0.750. The monoisotopic (exact) mass is 292 g/mol. The zero-order valence-corrected chi connectivity index (χ0v) is 11.7. The van der Waals surface area contributed by atoms with Crippen molar-refractivity contribution >= 4 is 17.9 Å². The Morgan fingerprint density at radius 1 is 0.842 bits per heavy atom. The summed E-state index contributed by atoms with van der Waals surface area (Å²) in [6.45, 7) is 0. The van der Waals surface area contributed by atoms with E-state index in [0.29, 0.717) is 0 Å². The van der Waals surface area contributed by atoms with Gasteiger partial charge in [-0.05, 0) is 0 Å². The second-order valence-electron chi connectivity index (χ2n) is 2.42. The average Bonchev–Trinajstić information content (AvgIpc) is 2.04. The highest BCUT2D eigenvalue weighted by molar-refractivity contribution is 5.86. The molecule has 0 aliphatic rings. The van der Waals surface area contributed by atoms with Crippen LogP contribution in [0.3, 0.4) is 0 Å². The van der Waals surface area contributed by atoms with Crippen LogP contribution < -0.4 is 45.0 Å². The highest BCUT2D eigenvalue weighted by Crippen LogP contribution is 2.13. The van der Waals surface area contributed by atoms with Gasteiger partial charge in [-0.2, -0.15) is 7.11 Å². The van der Waals surface area contributed by atoms with Gasteiger partial charge in [-0.25, -0.2) is 0 Å². The molecular formula is C7H24N4O8. The van der Waals surface area contributed by atoms with Crippen molar-refractivity contribution < 1.29 is 39.9 Å². The number of hydrogen-bond donors (Lipinski definition) is 5. The second-order valence-corrected chi connectivity index (χ2v) is 2.42. The van der Waals surface area contributed by atoms with E-state index in [1.54, 1.807) is 0 Å². The lowest BCUT2D eigenvalue weighted by Gasteiger charge is -2.29. The molecule has 0 saturated carbocycles. The zero-order valence-electron chi connectivity index (χ0n) is 11.7. The molecule has 12 heteroatoms. The Hall–Kier alpha value is -1.83. The smallest absolute Gasteiger partial charge is 0.114 e. The summed E-state index contributed by atoms with van der Waals surface area (Å²) in [6, 6.07) is 0. The van der Waals surface area contributed by atoms with Gasteiger partial charge in [0.25, 0.3) is 0 Å². The van der Waals surface area contributed by atoms with Crippen molar-refractivity contribution in [3.05, 3.63) is 0 Å². The van der Waals surface area contributed by atoms with Crippen molar-refractivity contribution in [1.82, 2.24) is 24.6 Å². The lowest BCUT2D eigenvalue weighted by Crippen LogP contribution is -2.54. The van der Waals surface area contributed by atoms with Crippen molar-refractivity contribution in [2.24, 2.45) is 0 Å². The number of carbonyl (C=O) groups excluding carboxylic acids is 3. The van der Waals surface area contributed by atoms with Gasteiger partial charge in [0.05, 0.1) is 5.97 Å². The molecule has 0 spiro atoms. The molecule has 0 amide bonds. The van der Waals surface area contributed by atoms with Gasteiger partial charge in [-0.3, -0.25) is 0 Å². The van der Waals surface area contributed by atoms with Crippen molar-refractivity contribution in [1.29, 1.82) is 0 Å². The first kappa shape index (κ1) is 36.0. The Morgan fingerprint density at radius 2 is 1.05 bits per heavy atom. The van der Waals surface area contributed by atoms with Crippen molar-refractivity contribution in [3.63, 3.8) is 0 Å². The molecule has 12 nitrogen and oxygen atoms in total. The van der Waals surface area contributed by atoms with Crippen LogP contribution in [-0.4, -0.2) is 35.7 Å². The normalized spacial score (nSPS) is 7.74. The summed E-state index contributed by atoms with van der Waals surface area (Å²) in [5.41, 5.74) is -2.97. The maximum atomic E-state index is 10.1. The molecule has 0 bridgehead atoms. The van der Waals surface area contributed by atoms with E-state index >= 15 is 0 Å². The predicted molar refractivity (Wildman–Crippen MR) is 59.1 cm³/mol. The molecule has 0 aromatic heterocycles. The van der Waals surface area contributed by atoms with E-state index in [-0.39, 0.29) is 24.6 Å². The van der Waals surface area contributed by atoms with E-state index < -0.39 is 36.4 Å². The van der Waals surface area contributed by atoms with Gasteiger partial charge < -0.3 is 64.5 Å². The molecule has 0 unspecified atom stereocenters. The van der Waals surface area contributed by atoms with Crippen molar-refractivity contribution in [2.75, 3.05) is 7.11 Å². The van der Waals surface area contributed by atoms with Crippen LogP contribution >= 0.6 is 0 Å². The van der Waals surface area contributed by atoms with E-state index in [0.717, 1.165) is 7.11 Å². The fraction of sp³-hybridized carbons (Fsp3) is 0.571.